The van der Waals surface area contributed by atoms with E-state index in [1.807, 2.05) is 24.3 Å². The molecule has 7 heteroatoms. The largest absolute Gasteiger partial charge is 0.450 e. The van der Waals surface area contributed by atoms with Crippen molar-refractivity contribution in [1.29, 1.82) is 0 Å². The molecule has 1 aromatic carbocycles. The molecule has 2 rings (SSSR count). The summed E-state index contributed by atoms with van der Waals surface area (Å²) >= 11 is 3.37. The molecule has 6 nitrogen and oxygen atoms in total. The first-order chi connectivity index (χ1) is 10.0. The van der Waals surface area contributed by atoms with Gasteiger partial charge < -0.3 is 4.74 Å². The Labute approximate surface area is 130 Å². The van der Waals surface area contributed by atoms with Crippen molar-refractivity contribution >= 4 is 27.8 Å². The zero-order valence-electron chi connectivity index (χ0n) is 11.8. The second-order valence-corrected chi connectivity index (χ2v) is 5.39. The summed E-state index contributed by atoms with van der Waals surface area (Å²) in [5.41, 5.74) is 1.24. The van der Waals surface area contributed by atoms with E-state index in [9.17, 15) is 9.59 Å². The number of nitrogens with one attached hydrogen (secondary N) is 2. The number of aromatic nitrogens is 2. The van der Waals surface area contributed by atoms with E-state index < -0.39 is 6.09 Å². The Kier molecular flexibility index (Phi) is 4.85. The summed E-state index contributed by atoms with van der Waals surface area (Å²) < 4.78 is 7.22. The van der Waals surface area contributed by atoms with Crippen molar-refractivity contribution < 1.29 is 9.53 Å². The molecular formula is C14H16BrN3O3. The standard InChI is InChI=1S/C14H16BrN3O3/c1-3-21-14(20)16-12-9(2)13(19)18(17-12)8-10-4-6-11(15)7-5-10/h4-7,17H,3,8H2,1-2H3,(H,16,20). The molecule has 0 unspecified atom stereocenters. The van der Waals surface area contributed by atoms with E-state index in [-0.39, 0.29) is 12.2 Å². The highest BCUT2D eigenvalue weighted by atomic mass is 79.9. The summed E-state index contributed by atoms with van der Waals surface area (Å²) in [5, 5.41) is 5.40. The van der Waals surface area contributed by atoms with E-state index in [1.165, 1.54) is 4.68 Å². The lowest BCUT2D eigenvalue weighted by Gasteiger charge is -2.04. The van der Waals surface area contributed by atoms with Gasteiger partial charge >= 0.3 is 6.09 Å². The Morgan fingerprint density at radius 3 is 2.67 bits per heavy atom. The number of ether oxygens (including phenoxy) is 1. The first-order valence-electron chi connectivity index (χ1n) is 6.49. The number of rotatable bonds is 4. The quantitative estimate of drug-likeness (QED) is 0.887. The molecule has 1 aromatic heterocycles. The first-order valence-corrected chi connectivity index (χ1v) is 7.28. The van der Waals surface area contributed by atoms with Crippen molar-refractivity contribution in [3.8, 4) is 0 Å². The Balaban J connectivity index is 2.19. The molecule has 0 spiro atoms. The molecule has 2 aromatic rings. The van der Waals surface area contributed by atoms with Gasteiger partial charge in [-0.1, -0.05) is 28.1 Å². The number of H-pyrrole nitrogens is 1. The van der Waals surface area contributed by atoms with Crippen LogP contribution in [0.3, 0.4) is 0 Å². The van der Waals surface area contributed by atoms with Gasteiger partial charge in [-0.25, -0.2) is 9.48 Å². The average Bonchev–Trinajstić information content (AvgIpc) is 2.70. The molecular weight excluding hydrogens is 338 g/mol. The van der Waals surface area contributed by atoms with Gasteiger partial charge in [0.1, 0.15) is 5.82 Å². The van der Waals surface area contributed by atoms with E-state index in [2.05, 4.69) is 26.3 Å². The smallest absolute Gasteiger partial charge is 0.412 e. The highest BCUT2D eigenvalue weighted by Crippen LogP contribution is 2.12. The average molecular weight is 354 g/mol. The number of anilines is 1. The predicted octanol–water partition coefficient (Wildman–Crippen LogP) is 2.86. The fourth-order valence-electron chi connectivity index (χ4n) is 1.85. The summed E-state index contributed by atoms with van der Waals surface area (Å²) in [6.45, 7) is 4.04. The topological polar surface area (TPSA) is 76.1 Å². The van der Waals surface area contributed by atoms with Crippen LogP contribution in [0, 0.1) is 6.92 Å². The van der Waals surface area contributed by atoms with Crippen molar-refractivity contribution in [2.24, 2.45) is 0 Å². The van der Waals surface area contributed by atoms with Gasteiger partial charge in [-0.3, -0.25) is 15.2 Å². The van der Waals surface area contributed by atoms with Crippen LogP contribution < -0.4 is 10.9 Å². The zero-order valence-corrected chi connectivity index (χ0v) is 13.4. The number of amides is 1. The summed E-state index contributed by atoms with van der Waals surface area (Å²) in [4.78, 5) is 23.5. The van der Waals surface area contributed by atoms with Crippen LogP contribution in [0.4, 0.5) is 10.6 Å². The molecule has 0 radical (unpaired) electrons. The van der Waals surface area contributed by atoms with Crippen LogP contribution >= 0.6 is 15.9 Å². The molecule has 0 aliphatic carbocycles. The summed E-state index contributed by atoms with van der Waals surface area (Å²) in [6.07, 6.45) is -0.586. The predicted molar refractivity (Wildman–Crippen MR) is 83.7 cm³/mol. The third-order valence-electron chi connectivity index (χ3n) is 2.94. The number of benzene rings is 1. The van der Waals surface area contributed by atoms with Crippen molar-refractivity contribution in [2.45, 2.75) is 20.4 Å². The number of halogens is 1. The lowest BCUT2D eigenvalue weighted by molar-refractivity contribution is 0.168. The Morgan fingerprint density at radius 2 is 2.05 bits per heavy atom. The molecule has 0 atom stereocenters. The third kappa shape index (κ3) is 3.75. The summed E-state index contributed by atoms with van der Waals surface area (Å²) in [6, 6.07) is 7.66. The maximum atomic E-state index is 12.1. The number of hydrogen-bond acceptors (Lipinski definition) is 3. The van der Waals surface area contributed by atoms with Crippen LogP contribution in [0.1, 0.15) is 18.1 Å². The molecule has 1 heterocycles. The minimum absolute atomic E-state index is 0.176. The molecule has 0 saturated carbocycles. The molecule has 0 saturated heterocycles. The Morgan fingerprint density at radius 1 is 1.38 bits per heavy atom. The van der Waals surface area contributed by atoms with Gasteiger partial charge in [-0.05, 0) is 31.5 Å². The summed E-state index contributed by atoms with van der Waals surface area (Å²) in [7, 11) is 0. The highest BCUT2D eigenvalue weighted by Gasteiger charge is 2.13. The third-order valence-corrected chi connectivity index (χ3v) is 3.47. The maximum Gasteiger partial charge on any atom is 0.412 e. The molecule has 1 amide bonds. The van der Waals surface area contributed by atoms with Crippen molar-refractivity contribution in [2.75, 3.05) is 11.9 Å². The Hall–Kier alpha value is -2.02. The van der Waals surface area contributed by atoms with Gasteiger partial charge in [0.05, 0.1) is 18.7 Å². The Bertz CT molecular complexity index is 688. The zero-order chi connectivity index (χ0) is 15.4. The number of nitrogens with zero attached hydrogens (tertiary/aromatic N) is 1. The van der Waals surface area contributed by atoms with Crippen LogP contribution in [-0.4, -0.2) is 22.5 Å². The molecule has 21 heavy (non-hydrogen) atoms. The van der Waals surface area contributed by atoms with Crippen LogP contribution in [0.15, 0.2) is 33.5 Å². The highest BCUT2D eigenvalue weighted by molar-refractivity contribution is 9.10. The monoisotopic (exact) mass is 353 g/mol. The van der Waals surface area contributed by atoms with Crippen LogP contribution in [-0.2, 0) is 11.3 Å². The number of carbonyl (C=O) groups excluding carboxylic acids is 1. The van der Waals surface area contributed by atoms with Gasteiger partial charge in [0.2, 0.25) is 0 Å². The second-order valence-electron chi connectivity index (χ2n) is 4.48. The van der Waals surface area contributed by atoms with Gasteiger partial charge in [0.25, 0.3) is 5.56 Å². The van der Waals surface area contributed by atoms with Crippen molar-refractivity contribution in [1.82, 2.24) is 9.78 Å². The fourth-order valence-corrected chi connectivity index (χ4v) is 2.12. The molecule has 0 aliphatic rings. The van der Waals surface area contributed by atoms with E-state index in [0.717, 1.165) is 10.0 Å². The lowest BCUT2D eigenvalue weighted by atomic mass is 10.2. The molecule has 0 bridgehead atoms. The van der Waals surface area contributed by atoms with Gasteiger partial charge in [-0.2, -0.15) is 0 Å². The maximum absolute atomic E-state index is 12.1. The fraction of sp³-hybridized carbons (Fsp3) is 0.286. The van der Waals surface area contributed by atoms with E-state index in [1.54, 1.807) is 13.8 Å². The van der Waals surface area contributed by atoms with E-state index >= 15 is 0 Å². The second kappa shape index (κ2) is 6.62. The molecule has 0 aliphatic heterocycles. The first kappa shape index (κ1) is 15.4. The van der Waals surface area contributed by atoms with Gasteiger partial charge in [0, 0.05) is 4.47 Å². The lowest BCUT2D eigenvalue weighted by Crippen LogP contribution is -2.18. The van der Waals surface area contributed by atoms with E-state index in [0.29, 0.717) is 17.9 Å². The number of aromatic amines is 1. The normalized spacial score (nSPS) is 10.4. The van der Waals surface area contributed by atoms with Crippen LogP contribution in [0.25, 0.3) is 0 Å². The van der Waals surface area contributed by atoms with Crippen molar-refractivity contribution in [3.63, 3.8) is 0 Å². The van der Waals surface area contributed by atoms with Crippen molar-refractivity contribution in [3.05, 3.63) is 50.2 Å². The minimum Gasteiger partial charge on any atom is -0.450 e. The minimum atomic E-state index is -0.586. The van der Waals surface area contributed by atoms with Gasteiger partial charge in [0.15, 0.2) is 0 Å². The molecule has 112 valence electrons. The molecule has 0 fully saturated rings. The number of carbonyl (C=O) groups is 1. The summed E-state index contributed by atoms with van der Waals surface area (Å²) in [5.74, 6) is 0.357. The van der Waals surface area contributed by atoms with Crippen LogP contribution in [0.2, 0.25) is 0 Å². The van der Waals surface area contributed by atoms with Gasteiger partial charge in [-0.15, -0.1) is 0 Å². The van der Waals surface area contributed by atoms with E-state index in [4.69, 9.17) is 4.74 Å². The SMILES string of the molecule is CCOC(=O)Nc1[nH]n(Cc2ccc(Br)cc2)c(=O)c1C. The molecule has 2 N–H and O–H groups in total. The van der Waals surface area contributed by atoms with Crippen LogP contribution in [0.5, 0.6) is 0 Å². The number of hydrogen-bond donors (Lipinski definition) is 2.